The van der Waals surface area contributed by atoms with Gasteiger partial charge in [0.2, 0.25) is 5.78 Å². The molecule has 0 aliphatic carbocycles. The first kappa shape index (κ1) is 7.91. The van der Waals surface area contributed by atoms with Crippen molar-refractivity contribution in [2.24, 2.45) is 0 Å². The van der Waals surface area contributed by atoms with Gasteiger partial charge in [-0.15, -0.1) is 0 Å². The monoisotopic (exact) mass is 180 g/mol. The molecule has 68 valence electrons. The molecule has 0 radical (unpaired) electrons. The Balaban J connectivity index is 2.57. The summed E-state index contributed by atoms with van der Waals surface area (Å²) in [6, 6.07) is 2.87. The molecule has 0 bridgehead atoms. The Labute approximate surface area is 74.7 Å². The molecule has 0 saturated heterocycles. The number of phenolic OH excluding ortho intramolecular Hbond substituents is 1. The number of carbonyl (C=O) groups is 1. The molecular formula is C9H8O4. The van der Waals surface area contributed by atoms with Crippen LogP contribution in [0.4, 0.5) is 0 Å². The van der Waals surface area contributed by atoms with E-state index < -0.39 is 0 Å². The Hall–Kier alpha value is -1.71. The van der Waals surface area contributed by atoms with Gasteiger partial charge in [0.15, 0.2) is 18.1 Å². The molecule has 13 heavy (non-hydrogen) atoms. The minimum Gasteiger partial charge on any atom is -0.504 e. The van der Waals surface area contributed by atoms with Gasteiger partial charge in [-0.25, -0.2) is 0 Å². The zero-order chi connectivity index (χ0) is 9.42. The van der Waals surface area contributed by atoms with Crippen LogP contribution in [0.1, 0.15) is 10.4 Å². The lowest BCUT2D eigenvalue weighted by molar-refractivity contribution is 0.0961. The van der Waals surface area contributed by atoms with Crippen molar-refractivity contribution in [3.63, 3.8) is 0 Å². The molecule has 0 fully saturated rings. The van der Waals surface area contributed by atoms with Crippen molar-refractivity contribution >= 4 is 5.78 Å². The number of fused-ring (bicyclic) bond motifs is 1. The third kappa shape index (κ3) is 1.11. The van der Waals surface area contributed by atoms with E-state index in [0.717, 1.165) is 0 Å². The number of ether oxygens (including phenoxy) is 2. The van der Waals surface area contributed by atoms with E-state index in [2.05, 4.69) is 0 Å². The van der Waals surface area contributed by atoms with Crippen LogP contribution in [0.3, 0.4) is 0 Å². The average molecular weight is 180 g/mol. The van der Waals surface area contributed by atoms with Crippen molar-refractivity contribution in [2.75, 3.05) is 13.7 Å². The maximum absolute atomic E-state index is 11.2. The molecule has 4 heteroatoms. The van der Waals surface area contributed by atoms with Gasteiger partial charge in [-0.1, -0.05) is 0 Å². The minimum atomic E-state index is -0.0895. The van der Waals surface area contributed by atoms with E-state index in [1.165, 1.54) is 19.2 Å². The first-order valence-corrected chi connectivity index (χ1v) is 3.79. The fourth-order valence-corrected chi connectivity index (χ4v) is 1.27. The molecule has 0 amide bonds. The lowest BCUT2D eigenvalue weighted by Gasteiger charge is -2.04. The van der Waals surface area contributed by atoms with E-state index in [-0.39, 0.29) is 23.9 Å². The quantitative estimate of drug-likeness (QED) is 0.699. The first-order chi connectivity index (χ1) is 6.22. The number of Topliss-reactive ketones (excluding diaryl/α,β-unsaturated/α-hetero) is 1. The Bertz CT molecular complexity index is 370. The summed E-state index contributed by atoms with van der Waals surface area (Å²) in [5.41, 5.74) is 0.467. The second-order valence-electron chi connectivity index (χ2n) is 2.73. The summed E-state index contributed by atoms with van der Waals surface area (Å²) in [4.78, 5) is 11.2. The molecule has 0 saturated carbocycles. The fraction of sp³-hybridized carbons (Fsp3) is 0.222. The number of hydrogen-bond acceptors (Lipinski definition) is 4. The van der Waals surface area contributed by atoms with Crippen LogP contribution >= 0.6 is 0 Å². The van der Waals surface area contributed by atoms with Crippen molar-refractivity contribution in [1.29, 1.82) is 0 Å². The molecule has 0 atom stereocenters. The number of rotatable bonds is 1. The molecular weight excluding hydrogens is 172 g/mol. The van der Waals surface area contributed by atoms with Gasteiger partial charge in [0, 0.05) is 6.07 Å². The maximum atomic E-state index is 11.2. The lowest BCUT2D eigenvalue weighted by atomic mass is 10.1. The summed E-state index contributed by atoms with van der Waals surface area (Å²) in [6.07, 6.45) is 0. The molecule has 1 aliphatic heterocycles. The molecule has 0 aromatic heterocycles. The van der Waals surface area contributed by atoms with Crippen molar-refractivity contribution < 1.29 is 19.4 Å². The minimum absolute atomic E-state index is 0.0176. The predicted octanol–water partition coefficient (Wildman–Crippen LogP) is 0.976. The SMILES string of the molecule is COc1cc2c(cc1O)OCC2=O. The standard InChI is InChI=1S/C9H8O4/c1-12-9-2-5-7(11)4-13-8(5)3-6(9)10/h2-3,10H,4H2,1H3. The topological polar surface area (TPSA) is 55.8 Å². The molecule has 4 nitrogen and oxygen atoms in total. The fourth-order valence-electron chi connectivity index (χ4n) is 1.27. The maximum Gasteiger partial charge on any atom is 0.204 e. The van der Waals surface area contributed by atoms with Crippen LogP contribution in [-0.2, 0) is 0 Å². The molecule has 1 heterocycles. The predicted molar refractivity (Wildman–Crippen MR) is 44.5 cm³/mol. The van der Waals surface area contributed by atoms with Gasteiger partial charge in [-0.3, -0.25) is 4.79 Å². The second kappa shape index (κ2) is 2.65. The summed E-state index contributed by atoms with van der Waals surface area (Å²) in [7, 11) is 1.43. The smallest absolute Gasteiger partial charge is 0.204 e. The first-order valence-electron chi connectivity index (χ1n) is 3.79. The van der Waals surface area contributed by atoms with Crippen molar-refractivity contribution in [1.82, 2.24) is 0 Å². The number of aromatic hydroxyl groups is 1. The van der Waals surface area contributed by atoms with Crippen molar-refractivity contribution in [2.45, 2.75) is 0 Å². The Morgan fingerprint density at radius 1 is 1.54 bits per heavy atom. The van der Waals surface area contributed by atoms with Crippen LogP contribution in [0.2, 0.25) is 0 Å². The number of ketones is 1. The molecule has 0 unspecified atom stereocenters. The number of benzene rings is 1. The van der Waals surface area contributed by atoms with Crippen molar-refractivity contribution in [3.05, 3.63) is 17.7 Å². The third-order valence-electron chi connectivity index (χ3n) is 1.94. The van der Waals surface area contributed by atoms with Crippen LogP contribution in [-0.4, -0.2) is 24.6 Å². The van der Waals surface area contributed by atoms with Gasteiger partial charge in [0.05, 0.1) is 12.7 Å². The van der Waals surface area contributed by atoms with Gasteiger partial charge < -0.3 is 14.6 Å². The number of hydrogen-bond donors (Lipinski definition) is 1. The molecule has 0 spiro atoms. The van der Waals surface area contributed by atoms with Crippen LogP contribution in [0.25, 0.3) is 0 Å². The zero-order valence-corrected chi connectivity index (χ0v) is 7.03. The summed E-state index contributed by atoms with van der Waals surface area (Å²) < 4.78 is 9.89. The van der Waals surface area contributed by atoms with Crippen LogP contribution in [0.15, 0.2) is 12.1 Å². The highest BCUT2D eigenvalue weighted by Crippen LogP contribution is 2.36. The number of carbonyl (C=O) groups excluding carboxylic acids is 1. The highest BCUT2D eigenvalue weighted by molar-refractivity contribution is 6.02. The highest BCUT2D eigenvalue weighted by atomic mass is 16.5. The largest absolute Gasteiger partial charge is 0.504 e. The Morgan fingerprint density at radius 3 is 3.00 bits per heavy atom. The molecule has 1 aliphatic rings. The Kier molecular flexibility index (Phi) is 1.62. The lowest BCUT2D eigenvalue weighted by Crippen LogP contribution is -1.98. The van der Waals surface area contributed by atoms with Gasteiger partial charge in [-0.05, 0) is 6.07 Å². The second-order valence-corrected chi connectivity index (χ2v) is 2.73. The molecule has 1 aromatic rings. The Morgan fingerprint density at radius 2 is 2.31 bits per heavy atom. The van der Waals surface area contributed by atoms with Gasteiger partial charge in [0.25, 0.3) is 0 Å². The van der Waals surface area contributed by atoms with E-state index in [1.807, 2.05) is 0 Å². The molecule has 2 rings (SSSR count). The van der Waals surface area contributed by atoms with Gasteiger partial charge in [-0.2, -0.15) is 0 Å². The van der Waals surface area contributed by atoms with Crippen LogP contribution < -0.4 is 9.47 Å². The van der Waals surface area contributed by atoms with E-state index >= 15 is 0 Å². The summed E-state index contributed by atoms with van der Waals surface area (Å²) in [5, 5.41) is 9.34. The number of phenols is 1. The van der Waals surface area contributed by atoms with Gasteiger partial charge in [0.1, 0.15) is 5.75 Å². The number of methoxy groups -OCH3 is 1. The summed E-state index contributed by atoms with van der Waals surface area (Å²) in [5.74, 6) is 0.602. The van der Waals surface area contributed by atoms with E-state index in [0.29, 0.717) is 11.3 Å². The van der Waals surface area contributed by atoms with Gasteiger partial charge >= 0.3 is 0 Å². The van der Waals surface area contributed by atoms with Crippen LogP contribution in [0, 0.1) is 0 Å². The van der Waals surface area contributed by atoms with E-state index in [4.69, 9.17) is 9.47 Å². The van der Waals surface area contributed by atoms with E-state index in [1.54, 1.807) is 0 Å². The third-order valence-corrected chi connectivity index (χ3v) is 1.94. The molecule has 1 N–H and O–H groups in total. The normalized spacial score (nSPS) is 13.8. The van der Waals surface area contributed by atoms with E-state index in [9.17, 15) is 9.90 Å². The van der Waals surface area contributed by atoms with Crippen molar-refractivity contribution in [3.8, 4) is 17.2 Å². The summed E-state index contributed by atoms with van der Waals surface area (Å²) in [6.45, 7) is 0.0436. The highest BCUT2D eigenvalue weighted by Gasteiger charge is 2.23. The average Bonchev–Trinajstić information content (AvgIpc) is 2.46. The van der Waals surface area contributed by atoms with Crippen LogP contribution in [0.5, 0.6) is 17.2 Å². The summed E-state index contributed by atoms with van der Waals surface area (Å²) >= 11 is 0. The molecule has 1 aromatic carbocycles. The zero-order valence-electron chi connectivity index (χ0n) is 7.03.